The van der Waals surface area contributed by atoms with E-state index < -0.39 is 28.9 Å². The maximum Gasteiger partial charge on any atom is 0.306 e. The van der Waals surface area contributed by atoms with Gasteiger partial charge in [-0.3, -0.25) is 18.8 Å². The first-order valence-corrected chi connectivity index (χ1v) is 9.82. The molecule has 0 saturated carbocycles. The van der Waals surface area contributed by atoms with Crippen molar-refractivity contribution in [3.8, 4) is 11.6 Å². The van der Waals surface area contributed by atoms with Gasteiger partial charge in [0.25, 0.3) is 11.1 Å². The van der Waals surface area contributed by atoms with E-state index in [1.54, 1.807) is 42.6 Å². The van der Waals surface area contributed by atoms with Crippen molar-refractivity contribution in [2.75, 3.05) is 14.2 Å². The zero-order valence-electron chi connectivity index (χ0n) is 17.7. The zero-order valence-corrected chi connectivity index (χ0v) is 17.7. The predicted octanol–water partition coefficient (Wildman–Crippen LogP) is 2.25. The molecule has 9 nitrogen and oxygen atoms in total. The van der Waals surface area contributed by atoms with Gasteiger partial charge in [-0.2, -0.15) is 4.98 Å². The zero-order chi connectivity index (χ0) is 23.0. The summed E-state index contributed by atoms with van der Waals surface area (Å²) in [6, 6.07) is 10.1. The smallest absolute Gasteiger partial charge is 0.306 e. The van der Waals surface area contributed by atoms with E-state index >= 15 is 0 Å². The van der Waals surface area contributed by atoms with E-state index in [0.717, 1.165) is 5.56 Å². The van der Waals surface area contributed by atoms with Crippen molar-refractivity contribution in [1.29, 1.82) is 0 Å². The number of methoxy groups -OCH3 is 2. The van der Waals surface area contributed by atoms with E-state index in [2.05, 4.69) is 9.97 Å². The Balaban J connectivity index is 2.01. The standard InChI is InChI=1S/C23H21N3O6/c1-12-4-7-18-25-22(29)20(23(30)26(18)11-12)15(10-19(27)32-3)16-9-13-8-14(31-2)5-6-17(13)24-21(16)28/h4-9,11,15,29H,10H2,1-3H3,(H,24,28)/t15-/m0/s1. The second kappa shape index (κ2) is 8.18. The van der Waals surface area contributed by atoms with E-state index in [1.807, 2.05) is 6.92 Å². The highest BCUT2D eigenvalue weighted by Crippen LogP contribution is 2.31. The molecule has 164 valence electrons. The van der Waals surface area contributed by atoms with Crippen LogP contribution in [0, 0.1) is 6.92 Å². The summed E-state index contributed by atoms with van der Waals surface area (Å²) in [4.78, 5) is 45.4. The third kappa shape index (κ3) is 3.68. The third-order valence-electron chi connectivity index (χ3n) is 5.39. The number of aryl methyl sites for hydroxylation is 1. The number of benzene rings is 1. The van der Waals surface area contributed by atoms with Gasteiger partial charge < -0.3 is 19.6 Å². The molecule has 2 N–H and O–H groups in total. The maximum absolute atomic E-state index is 13.3. The normalized spacial score (nSPS) is 12.1. The monoisotopic (exact) mass is 435 g/mol. The van der Waals surface area contributed by atoms with E-state index in [9.17, 15) is 19.5 Å². The number of aromatic hydroxyl groups is 1. The molecule has 0 aliphatic rings. The van der Waals surface area contributed by atoms with Crippen LogP contribution in [0.2, 0.25) is 0 Å². The summed E-state index contributed by atoms with van der Waals surface area (Å²) in [7, 11) is 2.74. The number of aromatic amines is 1. The third-order valence-corrected chi connectivity index (χ3v) is 5.39. The molecule has 0 aliphatic heterocycles. The number of nitrogens with one attached hydrogen (secondary N) is 1. The second-order valence-corrected chi connectivity index (χ2v) is 7.43. The van der Waals surface area contributed by atoms with Crippen molar-refractivity contribution in [1.82, 2.24) is 14.4 Å². The molecule has 9 heteroatoms. The summed E-state index contributed by atoms with van der Waals surface area (Å²) < 4.78 is 11.3. The van der Waals surface area contributed by atoms with Gasteiger partial charge in [-0.05, 0) is 42.8 Å². The number of nitrogens with zero attached hydrogens (tertiary/aromatic N) is 2. The molecular weight excluding hydrogens is 414 g/mol. The van der Waals surface area contributed by atoms with Gasteiger partial charge >= 0.3 is 5.97 Å². The van der Waals surface area contributed by atoms with Crippen LogP contribution in [0.1, 0.15) is 29.0 Å². The quantitative estimate of drug-likeness (QED) is 0.461. The van der Waals surface area contributed by atoms with Gasteiger partial charge in [0.2, 0.25) is 5.88 Å². The van der Waals surface area contributed by atoms with E-state index in [4.69, 9.17) is 9.47 Å². The molecule has 0 fully saturated rings. The summed E-state index contributed by atoms with van der Waals surface area (Å²) in [6.45, 7) is 1.81. The number of H-pyrrole nitrogens is 1. The molecule has 0 saturated heterocycles. The van der Waals surface area contributed by atoms with E-state index in [0.29, 0.717) is 16.7 Å². The van der Waals surface area contributed by atoms with E-state index in [-0.39, 0.29) is 23.2 Å². The summed E-state index contributed by atoms with van der Waals surface area (Å²) >= 11 is 0. The average molecular weight is 435 g/mol. The molecule has 0 amide bonds. The van der Waals surface area contributed by atoms with Gasteiger partial charge in [0.1, 0.15) is 11.4 Å². The van der Waals surface area contributed by atoms with Crippen molar-refractivity contribution in [3.63, 3.8) is 0 Å². The molecule has 3 aromatic heterocycles. The van der Waals surface area contributed by atoms with Crippen LogP contribution in [0.3, 0.4) is 0 Å². The molecule has 0 spiro atoms. The van der Waals surface area contributed by atoms with Crippen LogP contribution in [0.15, 0.2) is 52.2 Å². The highest BCUT2D eigenvalue weighted by atomic mass is 16.5. The molecule has 1 atom stereocenters. The van der Waals surface area contributed by atoms with Crippen LogP contribution in [0.5, 0.6) is 11.6 Å². The Hall–Kier alpha value is -4.14. The van der Waals surface area contributed by atoms with E-state index in [1.165, 1.54) is 18.6 Å². The first kappa shape index (κ1) is 21.1. The van der Waals surface area contributed by atoms with Crippen LogP contribution in [0.25, 0.3) is 16.6 Å². The Kier molecular flexibility index (Phi) is 5.40. The molecule has 0 unspecified atom stereocenters. The Morgan fingerprint density at radius 2 is 1.97 bits per heavy atom. The number of rotatable bonds is 5. The van der Waals surface area contributed by atoms with Crippen LogP contribution in [-0.2, 0) is 9.53 Å². The summed E-state index contributed by atoms with van der Waals surface area (Å²) in [6.07, 6.45) is 1.25. The minimum absolute atomic E-state index is 0.123. The van der Waals surface area contributed by atoms with Crippen molar-refractivity contribution in [2.45, 2.75) is 19.3 Å². The first-order chi connectivity index (χ1) is 15.3. The Bertz CT molecular complexity index is 1470. The first-order valence-electron chi connectivity index (χ1n) is 9.82. The van der Waals surface area contributed by atoms with Crippen LogP contribution in [0.4, 0.5) is 0 Å². The van der Waals surface area contributed by atoms with Gasteiger partial charge in [-0.15, -0.1) is 0 Å². The van der Waals surface area contributed by atoms with Gasteiger partial charge in [-0.1, -0.05) is 6.07 Å². The predicted molar refractivity (Wildman–Crippen MR) is 117 cm³/mol. The molecule has 4 aromatic rings. The number of hydrogen-bond acceptors (Lipinski definition) is 7. The maximum atomic E-state index is 13.3. The lowest BCUT2D eigenvalue weighted by Crippen LogP contribution is -2.28. The van der Waals surface area contributed by atoms with Crippen LogP contribution in [-0.4, -0.2) is 39.7 Å². The molecule has 3 heterocycles. The SMILES string of the molecule is COC(=O)C[C@@H](c1cc2cc(OC)ccc2[nH]c1=O)c1c(O)nc2ccc(C)cn2c1=O. The highest BCUT2D eigenvalue weighted by molar-refractivity contribution is 5.81. The van der Waals surface area contributed by atoms with Crippen molar-refractivity contribution < 1.29 is 19.4 Å². The Morgan fingerprint density at radius 3 is 2.69 bits per heavy atom. The van der Waals surface area contributed by atoms with Crippen molar-refractivity contribution in [2.24, 2.45) is 0 Å². The highest BCUT2D eigenvalue weighted by Gasteiger charge is 2.29. The topological polar surface area (TPSA) is 123 Å². The number of carbonyl (C=O) groups excluding carboxylic acids is 1. The number of pyridine rings is 2. The average Bonchev–Trinajstić information content (AvgIpc) is 2.78. The number of fused-ring (bicyclic) bond motifs is 2. The molecule has 4 rings (SSSR count). The van der Waals surface area contributed by atoms with Gasteiger partial charge in [0, 0.05) is 28.6 Å². The van der Waals surface area contributed by atoms with Crippen molar-refractivity contribution in [3.05, 3.63) is 80.0 Å². The van der Waals surface area contributed by atoms with Crippen molar-refractivity contribution >= 4 is 22.5 Å². The molecule has 0 radical (unpaired) electrons. The molecule has 0 aliphatic carbocycles. The lowest BCUT2D eigenvalue weighted by Gasteiger charge is -2.18. The largest absolute Gasteiger partial charge is 0.497 e. The molecule has 32 heavy (non-hydrogen) atoms. The fourth-order valence-corrected chi connectivity index (χ4v) is 3.76. The number of ether oxygens (including phenoxy) is 2. The van der Waals surface area contributed by atoms with Crippen LogP contribution < -0.4 is 15.9 Å². The molecule has 0 bridgehead atoms. The van der Waals surface area contributed by atoms with Gasteiger partial charge in [0.05, 0.1) is 26.2 Å². The lowest BCUT2D eigenvalue weighted by atomic mass is 9.89. The molecular formula is C23H21N3O6. The number of hydrogen-bond donors (Lipinski definition) is 2. The minimum Gasteiger partial charge on any atom is -0.497 e. The Labute approximate surface area is 181 Å². The number of esters is 1. The number of aromatic nitrogens is 3. The van der Waals surface area contributed by atoms with Crippen LogP contribution >= 0.6 is 0 Å². The van der Waals surface area contributed by atoms with Gasteiger partial charge in [-0.25, -0.2) is 0 Å². The number of carbonyl (C=O) groups is 1. The Morgan fingerprint density at radius 1 is 1.19 bits per heavy atom. The fraction of sp³-hybridized carbons (Fsp3) is 0.217. The van der Waals surface area contributed by atoms with Gasteiger partial charge in [0.15, 0.2) is 0 Å². The summed E-state index contributed by atoms with van der Waals surface area (Å²) in [5.41, 5.74) is 0.503. The minimum atomic E-state index is -1.08. The summed E-state index contributed by atoms with van der Waals surface area (Å²) in [5.74, 6) is -1.70. The second-order valence-electron chi connectivity index (χ2n) is 7.43. The lowest BCUT2D eigenvalue weighted by molar-refractivity contribution is -0.140. The fourth-order valence-electron chi connectivity index (χ4n) is 3.76. The molecule has 1 aromatic carbocycles. The summed E-state index contributed by atoms with van der Waals surface area (Å²) in [5, 5.41) is 11.3.